The summed E-state index contributed by atoms with van der Waals surface area (Å²) in [6.45, 7) is 0.582. The van der Waals surface area contributed by atoms with E-state index in [-0.39, 0.29) is 23.1 Å². The Morgan fingerprint density at radius 2 is 1.56 bits per heavy atom. The Kier molecular flexibility index (Phi) is 8.39. The molecule has 0 unspecified atom stereocenters. The van der Waals surface area contributed by atoms with Crippen molar-refractivity contribution in [3.8, 4) is 0 Å². The number of amides is 1. The van der Waals surface area contributed by atoms with Crippen molar-refractivity contribution in [1.29, 1.82) is 0 Å². The Balaban J connectivity index is 1.30. The van der Waals surface area contributed by atoms with Crippen LogP contribution >= 0.6 is 34.8 Å². The largest absolute Gasteiger partial charge is 0.345 e. The minimum Gasteiger partial charge on any atom is -0.263 e. The van der Waals surface area contributed by atoms with Crippen LogP contribution < -0.4 is 10.4 Å². The minimum absolute atomic E-state index is 0.0214. The molecule has 1 saturated heterocycles. The van der Waals surface area contributed by atoms with Gasteiger partial charge in [-0.05, 0) is 69.5 Å². The van der Waals surface area contributed by atoms with Crippen LogP contribution in [0.2, 0.25) is 15.1 Å². The average molecular weight is 659 g/mol. The number of halogens is 3. The first-order valence-electron chi connectivity index (χ1n) is 13.8. The lowest BCUT2D eigenvalue weighted by atomic mass is 10.0. The predicted molar refractivity (Wildman–Crippen MR) is 169 cm³/mol. The summed E-state index contributed by atoms with van der Waals surface area (Å²) in [6.07, 6.45) is 2.50. The molecular formula is C31H28Cl3N4O4S+. The zero-order valence-electron chi connectivity index (χ0n) is 22.9. The fourth-order valence-electron chi connectivity index (χ4n) is 5.51. The third kappa shape index (κ3) is 6.38. The maximum Gasteiger partial charge on any atom is 0.345 e. The lowest BCUT2D eigenvalue weighted by Crippen LogP contribution is -2.64. The Hall–Kier alpha value is -3.18. The monoisotopic (exact) mass is 657 g/mol. The minimum atomic E-state index is -4.24. The molecule has 6 rings (SSSR count). The molecule has 222 valence electrons. The van der Waals surface area contributed by atoms with Gasteiger partial charge in [-0.25, -0.2) is 0 Å². The van der Waals surface area contributed by atoms with Crippen LogP contribution in [-0.4, -0.2) is 37.9 Å². The molecule has 4 aromatic rings. The summed E-state index contributed by atoms with van der Waals surface area (Å²) in [6, 6.07) is 24.3. The second kappa shape index (κ2) is 12.1. The average Bonchev–Trinajstić information content (AvgIpc) is 3.43. The van der Waals surface area contributed by atoms with Crippen molar-refractivity contribution in [2.75, 3.05) is 18.1 Å². The van der Waals surface area contributed by atoms with Gasteiger partial charge >= 0.3 is 16.0 Å². The molecule has 0 bridgehead atoms. The van der Waals surface area contributed by atoms with Gasteiger partial charge in [0, 0.05) is 29.3 Å². The first-order chi connectivity index (χ1) is 20.6. The molecule has 1 N–H and O–H groups in total. The van der Waals surface area contributed by atoms with E-state index < -0.39 is 20.8 Å². The summed E-state index contributed by atoms with van der Waals surface area (Å²) in [5, 5.41) is 9.48. The van der Waals surface area contributed by atoms with Gasteiger partial charge in [-0.2, -0.15) is 18.9 Å². The SMILES string of the molecule is O=C(N[N+]1(OS(=O)(=O)c2ccc3ccccc3c2)CCCCC1)C1=NN(c2ccc(Cl)cc2Cl)[C@@H](c2ccc(Cl)cc2)C1. The zero-order chi connectivity index (χ0) is 30.2. The number of quaternary nitrogens is 1. The van der Waals surface area contributed by atoms with Crippen molar-refractivity contribution in [2.45, 2.75) is 36.6 Å². The van der Waals surface area contributed by atoms with E-state index in [0.717, 1.165) is 22.8 Å². The molecule has 4 aromatic carbocycles. The van der Waals surface area contributed by atoms with Crippen LogP contribution in [0.1, 0.15) is 37.3 Å². The first kappa shape index (κ1) is 29.9. The van der Waals surface area contributed by atoms with E-state index in [1.165, 1.54) is 6.07 Å². The van der Waals surface area contributed by atoms with Crippen molar-refractivity contribution in [2.24, 2.45) is 5.10 Å². The summed E-state index contributed by atoms with van der Waals surface area (Å²) in [4.78, 5) is 13.8. The smallest absolute Gasteiger partial charge is 0.263 e. The molecule has 43 heavy (non-hydrogen) atoms. The number of nitrogens with zero attached hydrogens (tertiary/aromatic N) is 3. The van der Waals surface area contributed by atoms with E-state index in [4.69, 9.17) is 39.1 Å². The lowest BCUT2D eigenvalue weighted by molar-refractivity contribution is -1.11. The highest BCUT2D eigenvalue weighted by Gasteiger charge is 2.43. The molecule has 12 heteroatoms. The second-order valence-corrected chi connectivity index (χ2v) is 13.4. The van der Waals surface area contributed by atoms with Gasteiger partial charge in [0.05, 0.1) is 21.6 Å². The molecular weight excluding hydrogens is 631 g/mol. The number of nitrogens with one attached hydrogen (secondary N) is 1. The number of carbonyl (C=O) groups is 1. The molecule has 2 aliphatic rings. The molecule has 0 saturated carbocycles. The topological polar surface area (TPSA) is 88.1 Å². The van der Waals surface area contributed by atoms with Gasteiger partial charge in [-0.1, -0.05) is 82.0 Å². The maximum atomic E-state index is 13.8. The predicted octanol–water partition coefficient (Wildman–Crippen LogP) is 7.46. The highest BCUT2D eigenvalue weighted by molar-refractivity contribution is 7.86. The Morgan fingerprint density at radius 1 is 0.860 bits per heavy atom. The quantitative estimate of drug-likeness (QED) is 0.208. The number of hydrogen-bond acceptors (Lipinski definition) is 6. The van der Waals surface area contributed by atoms with Crippen LogP contribution in [0.5, 0.6) is 0 Å². The first-order valence-corrected chi connectivity index (χ1v) is 16.4. The van der Waals surface area contributed by atoms with Crippen molar-refractivity contribution in [3.05, 3.63) is 106 Å². The van der Waals surface area contributed by atoms with Crippen LogP contribution in [0.25, 0.3) is 10.8 Å². The number of fused-ring (bicyclic) bond motifs is 1. The lowest BCUT2D eigenvalue weighted by Gasteiger charge is -2.35. The molecule has 0 radical (unpaired) electrons. The third-order valence-electron chi connectivity index (χ3n) is 7.68. The number of hydrazone groups is 1. The Labute approximate surface area is 265 Å². The number of hydrogen-bond donors (Lipinski definition) is 1. The highest BCUT2D eigenvalue weighted by atomic mass is 35.5. The molecule has 8 nitrogen and oxygen atoms in total. The summed E-state index contributed by atoms with van der Waals surface area (Å²) in [7, 11) is -4.24. The van der Waals surface area contributed by atoms with Crippen LogP contribution in [0.4, 0.5) is 5.69 Å². The number of benzene rings is 4. The van der Waals surface area contributed by atoms with Gasteiger partial charge in [0.1, 0.15) is 18.8 Å². The fourth-order valence-corrected chi connectivity index (χ4v) is 7.29. The summed E-state index contributed by atoms with van der Waals surface area (Å²) < 4.78 is 32.4. The van der Waals surface area contributed by atoms with Gasteiger partial charge in [0.2, 0.25) is 0 Å². The van der Waals surface area contributed by atoms with Gasteiger partial charge in [0.25, 0.3) is 0 Å². The van der Waals surface area contributed by atoms with E-state index in [1.54, 1.807) is 47.5 Å². The summed E-state index contributed by atoms with van der Waals surface area (Å²) in [5.74, 6) is -0.526. The number of anilines is 1. The van der Waals surface area contributed by atoms with E-state index >= 15 is 0 Å². The van der Waals surface area contributed by atoms with Crippen LogP contribution in [-0.2, 0) is 19.2 Å². The van der Waals surface area contributed by atoms with Crippen LogP contribution in [0.3, 0.4) is 0 Å². The normalized spacial score (nSPS) is 18.4. The molecule has 2 heterocycles. The number of piperidine rings is 1. The molecule has 1 fully saturated rings. The van der Waals surface area contributed by atoms with Gasteiger partial charge in [0.15, 0.2) is 0 Å². The van der Waals surface area contributed by atoms with Crippen molar-refractivity contribution >= 4 is 73.0 Å². The van der Waals surface area contributed by atoms with E-state index in [2.05, 4.69) is 10.5 Å². The summed E-state index contributed by atoms with van der Waals surface area (Å²) in [5.41, 5.74) is 4.54. The van der Waals surface area contributed by atoms with Crippen LogP contribution in [0.15, 0.2) is 94.9 Å². The van der Waals surface area contributed by atoms with Crippen molar-refractivity contribution in [1.82, 2.24) is 5.43 Å². The van der Waals surface area contributed by atoms with Crippen LogP contribution in [0, 0.1) is 0 Å². The Bertz CT molecular complexity index is 1830. The van der Waals surface area contributed by atoms with Crippen molar-refractivity contribution in [3.63, 3.8) is 0 Å². The fraction of sp³-hybridized carbons (Fsp3) is 0.226. The number of rotatable bonds is 7. The number of hydroxylamine groups is 2. The van der Waals surface area contributed by atoms with Gasteiger partial charge < -0.3 is 0 Å². The second-order valence-electron chi connectivity index (χ2n) is 10.6. The highest BCUT2D eigenvalue weighted by Crippen LogP contribution is 2.40. The zero-order valence-corrected chi connectivity index (χ0v) is 26.0. The third-order valence-corrected chi connectivity index (χ3v) is 9.78. The number of carbonyl (C=O) groups excluding carboxylic acids is 1. The summed E-state index contributed by atoms with van der Waals surface area (Å²) >= 11 is 18.8. The standard InChI is InChI=1S/C31H27Cl3N4O4S/c32-24-11-8-22(9-12-24)30-20-28(35-37(30)29-15-13-25(33)19-27(29)34)31(39)36-38(16-4-1-5-17-38)42-43(40,41)26-14-10-21-6-2-3-7-23(21)18-26/h2-3,6-15,18-19,30H,1,4-5,16-17,20H2/p+1/t30-/m1/s1. The van der Waals surface area contributed by atoms with E-state index in [9.17, 15) is 13.2 Å². The van der Waals surface area contributed by atoms with E-state index in [1.807, 2.05) is 36.4 Å². The molecule has 1 amide bonds. The Morgan fingerprint density at radius 3 is 2.28 bits per heavy atom. The molecule has 0 spiro atoms. The van der Waals surface area contributed by atoms with E-state index in [0.29, 0.717) is 46.7 Å². The van der Waals surface area contributed by atoms with Gasteiger partial charge in [-0.3, -0.25) is 9.80 Å². The molecule has 2 aliphatic heterocycles. The van der Waals surface area contributed by atoms with Crippen molar-refractivity contribution < 1.29 is 22.3 Å². The maximum absolute atomic E-state index is 13.8. The molecule has 1 atom stereocenters. The molecule has 0 aromatic heterocycles. The van der Waals surface area contributed by atoms with Gasteiger partial charge in [-0.15, -0.1) is 0 Å². The molecule has 0 aliphatic carbocycles.